The highest BCUT2D eigenvalue weighted by Crippen LogP contribution is 2.49. The summed E-state index contributed by atoms with van der Waals surface area (Å²) in [5.74, 6) is 4.33. The maximum absolute atomic E-state index is 11.7. The highest BCUT2D eigenvalue weighted by molar-refractivity contribution is 5.69. The van der Waals surface area contributed by atoms with Crippen molar-refractivity contribution in [3.05, 3.63) is 0 Å². The van der Waals surface area contributed by atoms with Gasteiger partial charge in [-0.15, -0.1) is 0 Å². The molecule has 6 bridgehead atoms. The van der Waals surface area contributed by atoms with E-state index in [0.29, 0.717) is 30.1 Å². The molecule has 0 aromatic heterocycles. The SMILES string of the molecule is CC(C)[C@@H]1C2CC(C2)N1C(C)C.CC(C)[C@@H]1C2CCC(C2)N1C(C)C.COC(=O)N1CC2CC1[C@@H](C(C)C)N2C(C)C. The maximum Gasteiger partial charge on any atom is 0.409 e. The van der Waals surface area contributed by atoms with Crippen molar-refractivity contribution in [1.29, 1.82) is 0 Å². The van der Waals surface area contributed by atoms with E-state index in [-0.39, 0.29) is 6.09 Å². The molecule has 7 fully saturated rings. The zero-order chi connectivity index (χ0) is 31.2. The second-order valence-corrected chi connectivity index (χ2v) is 16.5. The van der Waals surface area contributed by atoms with Crippen LogP contribution in [0, 0.1) is 29.6 Å². The molecule has 1 amide bonds. The largest absolute Gasteiger partial charge is 0.453 e. The van der Waals surface area contributed by atoms with Gasteiger partial charge in [0.15, 0.2) is 0 Å². The van der Waals surface area contributed by atoms with Crippen molar-refractivity contribution in [3.63, 3.8) is 0 Å². The van der Waals surface area contributed by atoms with Gasteiger partial charge in [-0.3, -0.25) is 14.7 Å². The van der Waals surface area contributed by atoms with E-state index < -0.39 is 0 Å². The second kappa shape index (κ2) is 13.6. The van der Waals surface area contributed by atoms with Crippen molar-refractivity contribution in [2.24, 2.45) is 29.6 Å². The highest BCUT2D eigenvalue weighted by atomic mass is 16.5. The summed E-state index contributed by atoms with van der Waals surface area (Å²) >= 11 is 0. The molecule has 5 aliphatic heterocycles. The first-order valence-corrected chi connectivity index (χ1v) is 17.9. The molecule has 2 aliphatic carbocycles. The van der Waals surface area contributed by atoms with Crippen molar-refractivity contribution >= 4 is 6.09 Å². The standard InChI is InChI=1S/C13H24N2O2.C12H23N.C11H21N/c1-8(2)12-11-6-10(15(12)9(3)4)7-14(11)13(16)17-5;1-8(2)12-10-5-6-11(7-10)13(12)9(3)4;1-7(2)11-9-5-10(6-9)12(11)8(3)4/h8-12H,6-7H2,1-5H3;8-12H,5-7H2,1-4H3;7-11H,5-6H2,1-4H3/t2*10?,11?,12-;9?,10?,11-/m111/s1. The monoisotopic (exact) mass is 589 g/mol. The zero-order valence-corrected chi connectivity index (χ0v) is 29.7. The minimum absolute atomic E-state index is 0.161. The van der Waals surface area contributed by atoms with Gasteiger partial charge in [-0.05, 0) is 110 Å². The fourth-order valence-electron chi connectivity index (χ4n) is 10.7. The average molecular weight is 589 g/mol. The number of rotatable bonds is 6. The van der Waals surface area contributed by atoms with Gasteiger partial charge >= 0.3 is 6.09 Å². The van der Waals surface area contributed by atoms with E-state index in [4.69, 9.17) is 4.74 Å². The molecule has 0 spiro atoms. The predicted molar refractivity (Wildman–Crippen MR) is 176 cm³/mol. The average Bonchev–Trinajstić information content (AvgIpc) is 3.72. The molecule has 244 valence electrons. The smallest absolute Gasteiger partial charge is 0.409 e. The van der Waals surface area contributed by atoms with E-state index >= 15 is 0 Å². The lowest BCUT2D eigenvalue weighted by Gasteiger charge is -2.44. The van der Waals surface area contributed by atoms with Crippen molar-refractivity contribution in [2.45, 2.75) is 182 Å². The van der Waals surface area contributed by atoms with Gasteiger partial charge in [0.05, 0.1) is 13.2 Å². The Balaban J connectivity index is 0.000000147. The van der Waals surface area contributed by atoms with Gasteiger partial charge in [0.25, 0.3) is 0 Å². The molecule has 7 atom stereocenters. The summed E-state index contributed by atoms with van der Waals surface area (Å²) in [5, 5.41) is 0. The minimum Gasteiger partial charge on any atom is -0.453 e. The topological polar surface area (TPSA) is 39.3 Å². The van der Waals surface area contributed by atoms with Crippen molar-refractivity contribution in [1.82, 2.24) is 19.6 Å². The second-order valence-electron chi connectivity index (χ2n) is 16.5. The van der Waals surface area contributed by atoms with Gasteiger partial charge in [0.1, 0.15) is 0 Å². The molecule has 42 heavy (non-hydrogen) atoms. The third-order valence-electron chi connectivity index (χ3n) is 11.8. The normalized spacial score (nSPS) is 37.3. The summed E-state index contributed by atoms with van der Waals surface area (Å²) in [7, 11) is 1.47. The number of fused-ring (bicyclic) bond motifs is 5. The lowest BCUT2D eigenvalue weighted by molar-refractivity contribution is 0.0231. The van der Waals surface area contributed by atoms with Gasteiger partial charge in [-0.1, -0.05) is 41.5 Å². The van der Waals surface area contributed by atoms with Gasteiger partial charge in [0, 0.05) is 60.9 Å². The van der Waals surface area contributed by atoms with E-state index in [2.05, 4.69) is 97.8 Å². The summed E-state index contributed by atoms with van der Waals surface area (Å²) in [6.45, 7) is 28.8. The van der Waals surface area contributed by atoms with Crippen molar-refractivity contribution in [3.8, 4) is 0 Å². The van der Waals surface area contributed by atoms with Gasteiger partial charge in [-0.25, -0.2) is 4.79 Å². The Morgan fingerprint density at radius 2 is 1.02 bits per heavy atom. The Bertz CT molecular complexity index is 844. The first-order valence-electron chi connectivity index (χ1n) is 17.9. The number of hydrogen-bond donors (Lipinski definition) is 0. The van der Waals surface area contributed by atoms with Crippen LogP contribution in [-0.2, 0) is 4.74 Å². The quantitative estimate of drug-likeness (QED) is 0.324. The number of amides is 1. The first-order chi connectivity index (χ1) is 19.7. The molecule has 6 heteroatoms. The van der Waals surface area contributed by atoms with E-state index in [1.807, 2.05) is 4.90 Å². The molecule has 2 saturated carbocycles. The van der Waals surface area contributed by atoms with Crippen LogP contribution in [0.1, 0.15) is 122 Å². The Morgan fingerprint density at radius 3 is 1.45 bits per heavy atom. The number of piperidine rings is 1. The summed E-state index contributed by atoms with van der Waals surface area (Å²) in [6.07, 6.45) is 8.37. The number of likely N-dealkylation sites (tertiary alicyclic amines) is 3. The maximum atomic E-state index is 11.7. The molecule has 0 aromatic carbocycles. The lowest BCUT2D eigenvalue weighted by Crippen LogP contribution is -2.58. The van der Waals surface area contributed by atoms with Crippen LogP contribution in [0.25, 0.3) is 0 Å². The molecule has 4 unspecified atom stereocenters. The molecular formula is C36H68N4O2. The third-order valence-corrected chi connectivity index (χ3v) is 11.8. The number of nitrogens with zero attached hydrogens (tertiary/aromatic N) is 4. The van der Waals surface area contributed by atoms with Crippen LogP contribution in [0.3, 0.4) is 0 Å². The summed E-state index contributed by atoms with van der Waals surface area (Å²) in [6, 6.07) is 7.07. The highest BCUT2D eigenvalue weighted by Gasteiger charge is 2.54. The molecule has 5 heterocycles. The minimum atomic E-state index is -0.161. The Hall–Kier alpha value is -0.850. The van der Waals surface area contributed by atoms with Crippen LogP contribution in [0.15, 0.2) is 0 Å². The van der Waals surface area contributed by atoms with Gasteiger partial charge < -0.3 is 9.64 Å². The predicted octanol–water partition coefficient (Wildman–Crippen LogP) is 7.36. The van der Waals surface area contributed by atoms with Crippen molar-refractivity contribution < 1.29 is 9.53 Å². The number of carbonyl (C=O) groups is 1. The fraction of sp³-hybridized carbons (Fsp3) is 0.972. The number of methoxy groups -OCH3 is 1. The zero-order valence-electron chi connectivity index (χ0n) is 29.7. The van der Waals surface area contributed by atoms with Gasteiger partial charge in [0.2, 0.25) is 0 Å². The summed E-state index contributed by atoms with van der Waals surface area (Å²) in [4.78, 5) is 21.8. The molecule has 5 saturated heterocycles. The fourth-order valence-corrected chi connectivity index (χ4v) is 10.7. The van der Waals surface area contributed by atoms with Crippen molar-refractivity contribution in [2.75, 3.05) is 13.7 Å². The molecule has 6 nitrogen and oxygen atoms in total. The Labute approximate surface area is 260 Å². The molecule has 0 N–H and O–H groups in total. The molecule has 7 aliphatic rings. The molecule has 0 aromatic rings. The molecular weight excluding hydrogens is 520 g/mol. The number of carbonyl (C=O) groups excluding carboxylic acids is 1. The summed E-state index contributed by atoms with van der Waals surface area (Å²) < 4.78 is 4.88. The van der Waals surface area contributed by atoms with Crippen LogP contribution >= 0.6 is 0 Å². The van der Waals surface area contributed by atoms with Gasteiger partial charge in [-0.2, -0.15) is 0 Å². The summed E-state index contributed by atoms with van der Waals surface area (Å²) in [5.41, 5.74) is 0. The number of piperazine rings is 1. The lowest BCUT2D eigenvalue weighted by atomic mass is 9.80. The van der Waals surface area contributed by atoms with E-state index in [1.54, 1.807) is 0 Å². The van der Waals surface area contributed by atoms with Crippen LogP contribution in [0.2, 0.25) is 0 Å². The van der Waals surface area contributed by atoms with E-state index in [9.17, 15) is 4.79 Å². The first kappa shape index (κ1) is 34.0. The van der Waals surface area contributed by atoms with Crippen LogP contribution in [-0.4, -0.2) is 99.8 Å². The molecule has 7 rings (SSSR count). The van der Waals surface area contributed by atoms with Crippen LogP contribution < -0.4 is 0 Å². The van der Waals surface area contributed by atoms with E-state index in [1.165, 1.54) is 39.2 Å². The third kappa shape index (κ3) is 6.43. The number of hydrogen-bond acceptors (Lipinski definition) is 5. The molecule has 0 radical (unpaired) electrons. The van der Waals surface area contributed by atoms with E-state index in [0.717, 1.165) is 72.9 Å². The van der Waals surface area contributed by atoms with Crippen LogP contribution in [0.4, 0.5) is 4.79 Å². The Morgan fingerprint density at radius 1 is 0.571 bits per heavy atom. The Kier molecular flexibility index (Phi) is 11.1. The number of ether oxygens (including phenoxy) is 1. The van der Waals surface area contributed by atoms with Crippen LogP contribution in [0.5, 0.6) is 0 Å².